The molecule has 1 aromatic carbocycles. The van der Waals surface area contributed by atoms with Gasteiger partial charge in [0.2, 0.25) is 5.91 Å². The zero-order valence-corrected chi connectivity index (χ0v) is 16.5. The summed E-state index contributed by atoms with van der Waals surface area (Å²) in [6.07, 6.45) is 5.45. The Morgan fingerprint density at radius 3 is 2.70 bits per heavy atom. The summed E-state index contributed by atoms with van der Waals surface area (Å²) >= 11 is 0. The fourth-order valence-corrected chi connectivity index (χ4v) is 3.51. The molecule has 1 aromatic heterocycles. The fourth-order valence-electron chi connectivity index (χ4n) is 3.51. The van der Waals surface area contributed by atoms with Crippen molar-refractivity contribution in [2.24, 2.45) is 11.8 Å². The molecule has 2 aromatic rings. The molecule has 3 rings (SSSR count). The number of nitrogens with one attached hydrogen (secondary N) is 2. The van der Waals surface area contributed by atoms with Gasteiger partial charge in [0, 0.05) is 25.6 Å². The van der Waals surface area contributed by atoms with Crippen molar-refractivity contribution in [1.29, 1.82) is 0 Å². The molecule has 0 saturated carbocycles. The molecule has 1 aliphatic heterocycles. The molecule has 2 heterocycles. The lowest BCUT2D eigenvalue weighted by Gasteiger charge is -2.27. The molecule has 1 amide bonds. The van der Waals surface area contributed by atoms with Crippen LogP contribution in [0.25, 0.3) is 5.69 Å². The number of carbonyl (C=O) groups excluding carboxylic acids is 1. The predicted molar refractivity (Wildman–Crippen MR) is 107 cm³/mol. The quantitative estimate of drug-likeness (QED) is 0.758. The molecule has 0 bridgehead atoms. The van der Waals surface area contributed by atoms with Crippen LogP contribution in [-0.2, 0) is 11.2 Å². The fraction of sp³-hybridized carbons (Fsp3) is 0.500. The number of rotatable bonds is 7. The lowest BCUT2D eigenvalue weighted by atomic mass is 9.84. The number of piperidine rings is 1. The molecule has 1 aliphatic rings. The lowest BCUT2D eigenvalue weighted by Crippen LogP contribution is -2.34. The van der Waals surface area contributed by atoms with Crippen molar-refractivity contribution < 1.29 is 9.18 Å². The molecule has 0 radical (unpaired) electrons. The Hall–Kier alpha value is -1.92. The van der Waals surface area contributed by atoms with Crippen LogP contribution >= 0.6 is 12.4 Å². The van der Waals surface area contributed by atoms with Gasteiger partial charge >= 0.3 is 0 Å². The van der Waals surface area contributed by atoms with Crippen LogP contribution < -0.4 is 10.6 Å². The third kappa shape index (κ3) is 6.33. The van der Waals surface area contributed by atoms with Crippen molar-refractivity contribution in [3.8, 4) is 5.69 Å². The first kappa shape index (κ1) is 21.4. The maximum Gasteiger partial charge on any atom is 0.220 e. The largest absolute Gasteiger partial charge is 0.356 e. The molecule has 1 atom stereocenters. The number of amides is 1. The van der Waals surface area contributed by atoms with E-state index in [2.05, 4.69) is 22.7 Å². The van der Waals surface area contributed by atoms with E-state index in [0.717, 1.165) is 37.3 Å². The van der Waals surface area contributed by atoms with Crippen LogP contribution in [0.4, 0.5) is 4.39 Å². The van der Waals surface area contributed by atoms with Gasteiger partial charge in [-0.3, -0.25) is 4.79 Å². The Balaban J connectivity index is 0.00000261. The van der Waals surface area contributed by atoms with Gasteiger partial charge in [-0.25, -0.2) is 9.07 Å². The molecule has 1 fully saturated rings. The van der Waals surface area contributed by atoms with Crippen LogP contribution in [0.15, 0.2) is 36.5 Å². The molecular formula is C20H28ClFN4O. The van der Waals surface area contributed by atoms with Crippen molar-refractivity contribution >= 4 is 18.3 Å². The molecular weight excluding hydrogens is 367 g/mol. The second-order valence-corrected chi connectivity index (χ2v) is 7.10. The van der Waals surface area contributed by atoms with Gasteiger partial charge in [0.15, 0.2) is 0 Å². The van der Waals surface area contributed by atoms with Crippen molar-refractivity contribution in [2.75, 3.05) is 19.6 Å². The van der Waals surface area contributed by atoms with Gasteiger partial charge in [0.05, 0.1) is 11.4 Å². The van der Waals surface area contributed by atoms with Crippen LogP contribution in [0.3, 0.4) is 0 Å². The summed E-state index contributed by atoms with van der Waals surface area (Å²) in [5.74, 6) is 0.930. The standard InChI is InChI=1S/C20H27FN4O.ClH/c1-15(16-6-10-22-11-7-16)14-20(26)23-12-8-18-9-13-25(24-18)19-4-2-17(21)3-5-19;/h2-5,9,13,15-16,22H,6-8,10-12,14H2,1H3,(H,23,26);1H. The monoisotopic (exact) mass is 394 g/mol. The molecule has 0 aliphatic carbocycles. The van der Waals surface area contributed by atoms with Crippen LogP contribution in [0.5, 0.6) is 0 Å². The smallest absolute Gasteiger partial charge is 0.220 e. The van der Waals surface area contributed by atoms with Gasteiger partial charge < -0.3 is 10.6 Å². The summed E-state index contributed by atoms with van der Waals surface area (Å²) in [5.41, 5.74) is 1.72. The highest BCUT2D eigenvalue weighted by Gasteiger charge is 2.21. The number of carbonyl (C=O) groups is 1. The second-order valence-electron chi connectivity index (χ2n) is 7.10. The van der Waals surface area contributed by atoms with E-state index in [1.165, 1.54) is 12.1 Å². The number of benzene rings is 1. The Bertz CT molecular complexity index is 713. The van der Waals surface area contributed by atoms with Crippen molar-refractivity contribution in [3.05, 3.63) is 48.0 Å². The first-order chi connectivity index (χ1) is 12.6. The summed E-state index contributed by atoms with van der Waals surface area (Å²) < 4.78 is 14.7. The molecule has 7 heteroatoms. The highest BCUT2D eigenvalue weighted by atomic mass is 35.5. The van der Waals surface area contributed by atoms with E-state index in [1.54, 1.807) is 16.8 Å². The third-order valence-electron chi connectivity index (χ3n) is 5.13. The maximum absolute atomic E-state index is 13.0. The van der Waals surface area contributed by atoms with Gasteiger partial charge in [0.25, 0.3) is 0 Å². The first-order valence-corrected chi connectivity index (χ1v) is 9.40. The third-order valence-corrected chi connectivity index (χ3v) is 5.13. The molecule has 1 unspecified atom stereocenters. The van der Waals surface area contributed by atoms with E-state index >= 15 is 0 Å². The van der Waals surface area contributed by atoms with Crippen molar-refractivity contribution in [2.45, 2.75) is 32.6 Å². The van der Waals surface area contributed by atoms with Crippen molar-refractivity contribution in [1.82, 2.24) is 20.4 Å². The number of aromatic nitrogens is 2. The minimum absolute atomic E-state index is 0. The zero-order chi connectivity index (χ0) is 18.4. The minimum atomic E-state index is -0.262. The molecule has 0 spiro atoms. The number of nitrogens with zero attached hydrogens (tertiary/aromatic N) is 2. The molecule has 5 nitrogen and oxygen atoms in total. The van der Waals surface area contributed by atoms with Crippen LogP contribution in [-0.4, -0.2) is 35.3 Å². The first-order valence-electron chi connectivity index (χ1n) is 9.40. The van der Waals surface area contributed by atoms with E-state index in [4.69, 9.17) is 0 Å². The molecule has 2 N–H and O–H groups in total. The van der Waals surface area contributed by atoms with E-state index in [1.807, 2.05) is 12.3 Å². The summed E-state index contributed by atoms with van der Waals surface area (Å²) in [6, 6.07) is 8.14. The van der Waals surface area contributed by atoms with Crippen LogP contribution in [0.1, 0.15) is 31.9 Å². The van der Waals surface area contributed by atoms with E-state index in [9.17, 15) is 9.18 Å². The highest BCUT2D eigenvalue weighted by Crippen LogP contribution is 2.24. The Kier molecular flexibility index (Phi) is 8.25. The average Bonchev–Trinajstić information content (AvgIpc) is 3.12. The average molecular weight is 395 g/mol. The number of halogens is 2. The number of hydrogen-bond donors (Lipinski definition) is 2. The maximum atomic E-state index is 13.0. The van der Waals surface area contributed by atoms with Crippen LogP contribution in [0.2, 0.25) is 0 Å². The SMILES string of the molecule is CC(CC(=O)NCCc1ccn(-c2ccc(F)cc2)n1)C1CCNCC1.Cl. The zero-order valence-electron chi connectivity index (χ0n) is 15.7. The van der Waals surface area contributed by atoms with E-state index < -0.39 is 0 Å². The summed E-state index contributed by atoms with van der Waals surface area (Å²) in [6.45, 7) is 4.89. The summed E-state index contributed by atoms with van der Waals surface area (Å²) in [5, 5.41) is 10.8. The predicted octanol–water partition coefficient (Wildman–Crippen LogP) is 3.12. The van der Waals surface area contributed by atoms with Crippen LogP contribution in [0, 0.1) is 17.7 Å². The normalized spacial score (nSPS) is 15.8. The van der Waals surface area contributed by atoms with Gasteiger partial charge in [-0.2, -0.15) is 5.10 Å². The minimum Gasteiger partial charge on any atom is -0.356 e. The Labute approximate surface area is 166 Å². The highest BCUT2D eigenvalue weighted by molar-refractivity contribution is 5.85. The van der Waals surface area contributed by atoms with Gasteiger partial charge in [-0.15, -0.1) is 12.4 Å². The topological polar surface area (TPSA) is 59.0 Å². The van der Waals surface area contributed by atoms with E-state index in [0.29, 0.717) is 31.2 Å². The molecule has 1 saturated heterocycles. The van der Waals surface area contributed by atoms with Gasteiger partial charge in [-0.05, 0) is 68.1 Å². The number of hydrogen-bond acceptors (Lipinski definition) is 3. The second kappa shape index (κ2) is 10.4. The Morgan fingerprint density at radius 2 is 2.00 bits per heavy atom. The summed E-state index contributed by atoms with van der Waals surface area (Å²) in [7, 11) is 0. The molecule has 148 valence electrons. The molecule has 27 heavy (non-hydrogen) atoms. The van der Waals surface area contributed by atoms with E-state index in [-0.39, 0.29) is 24.1 Å². The van der Waals surface area contributed by atoms with Gasteiger partial charge in [0.1, 0.15) is 5.82 Å². The van der Waals surface area contributed by atoms with Crippen molar-refractivity contribution in [3.63, 3.8) is 0 Å². The Morgan fingerprint density at radius 1 is 1.30 bits per heavy atom. The summed E-state index contributed by atoms with van der Waals surface area (Å²) in [4.78, 5) is 12.2. The lowest BCUT2D eigenvalue weighted by molar-refractivity contribution is -0.122. The van der Waals surface area contributed by atoms with Gasteiger partial charge in [-0.1, -0.05) is 6.92 Å².